The maximum atomic E-state index is 13.0. The van der Waals surface area contributed by atoms with Gasteiger partial charge in [-0.15, -0.1) is 0 Å². The highest BCUT2D eigenvalue weighted by Crippen LogP contribution is 2.63. The van der Waals surface area contributed by atoms with Crippen LogP contribution in [0.3, 0.4) is 0 Å². The van der Waals surface area contributed by atoms with E-state index in [9.17, 15) is 8.78 Å². The van der Waals surface area contributed by atoms with Crippen molar-refractivity contribution in [1.82, 2.24) is 0 Å². The third-order valence-corrected chi connectivity index (χ3v) is 4.47. The number of alkyl halides is 2. The Labute approximate surface area is 76.7 Å². The molecule has 0 aromatic heterocycles. The van der Waals surface area contributed by atoms with Crippen molar-refractivity contribution in [2.75, 3.05) is 0 Å². The summed E-state index contributed by atoms with van der Waals surface area (Å²) in [6.45, 7) is 0. The number of hydrogen-bond acceptors (Lipinski definition) is 1. The van der Waals surface area contributed by atoms with Crippen molar-refractivity contribution in [1.29, 1.82) is 0 Å². The van der Waals surface area contributed by atoms with Crippen LogP contribution in [-0.2, 0) is 0 Å². The zero-order valence-corrected chi connectivity index (χ0v) is 7.60. The molecule has 3 fully saturated rings. The molecule has 3 aliphatic rings. The van der Waals surface area contributed by atoms with E-state index >= 15 is 0 Å². The topological polar surface area (TPSA) is 26.0 Å². The lowest BCUT2D eigenvalue weighted by atomic mass is 9.81. The molecule has 0 saturated heterocycles. The lowest BCUT2D eigenvalue weighted by Gasteiger charge is -2.27. The maximum absolute atomic E-state index is 13.0. The van der Waals surface area contributed by atoms with Crippen LogP contribution in [0.4, 0.5) is 8.78 Å². The highest BCUT2D eigenvalue weighted by molar-refractivity contribution is 5.22. The maximum Gasteiger partial charge on any atom is 0.268 e. The number of nitrogens with two attached hydrogens (primary N) is 1. The van der Waals surface area contributed by atoms with Crippen LogP contribution in [0.5, 0.6) is 0 Å². The Balaban J connectivity index is 1.81. The highest BCUT2D eigenvalue weighted by atomic mass is 19.3. The summed E-state index contributed by atoms with van der Waals surface area (Å²) in [5.41, 5.74) is 4.66. The van der Waals surface area contributed by atoms with E-state index in [2.05, 4.69) is 0 Å². The predicted molar refractivity (Wildman–Crippen MR) is 45.4 cm³/mol. The Morgan fingerprint density at radius 1 is 1.15 bits per heavy atom. The Hall–Kier alpha value is -0.180. The first kappa shape index (κ1) is 8.16. The van der Waals surface area contributed by atoms with E-state index < -0.39 is 11.5 Å². The first-order valence-electron chi connectivity index (χ1n) is 5.20. The van der Waals surface area contributed by atoms with E-state index in [4.69, 9.17) is 5.73 Å². The van der Waals surface area contributed by atoms with Gasteiger partial charge in [0.05, 0.1) is 5.54 Å². The summed E-state index contributed by atoms with van der Waals surface area (Å²) in [6, 6.07) is 0. The Morgan fingerprint density at radius 2 is 1.85 bits per heavy atom. The van der Waals surface area contributed by atoms with Crippen LogP contribution < -0.4 is 5.73 Å². The molecule has 13 heavy (non-hydrogen) atoms. The first-order valence-corrected chi connectivity index (χ1v) is 5.20. The Morgan fingerprint density at radius 3 is 2.23 bits per heavy atom. The molecule has 4 atom stereocenters. The average Bonchev–Trinajstić information content (AvgIpc) is 2.51. The third-order valence-electron chi connectivity index (χ3n) is 4.47. The fourth-order valence-corrected chi connectivity index (χ4v) is 3.60. The van der Waals surface area contributed by atoms with Crippen LogP contribution in [0.2, 0.25) is 0 Å². The van der Waals surface area contributed by atoms with Crippen LogP contribution in [0.25, 0.3) is 0 Å². The summed E-state index contributed by atoms with van der Waals surface area (Å²) in [5, 5.41) is 0. The normalized spacial score (nSPS) is 57.0. The van der Waals surface area contributed by atoms with Gasteiger partial charge < -0.3 is 5.73 Å². The minimum Gasteiger partial charge on any atom is -0.320 e. The molecule has 2 N–H and O–H groups in total. The minimum absolute atomic E-state index is 0.0616. The summed E-state index contributed by atoms with van der Waals surface area (Å²) in [6.07, 6.45) is 4.47. The van der Waals surface area contributed by atoms with Crippen molar-refractivity contribution in [3.63, 3.8) is 0 Å². The lowest BCUT2D eigenvalue weighted by molar-refractivity contribution is 0.0609. The molecule has 3 heteroatoms. The second kappa shape index (κ2) is 2.08. The van der Waals surface area contributed by atoms with Gasteiger partial charge in [0.2, 0.25) is 0 Å². The molecule has 2 bridgehead atoms. The summed E-state index contributed by atoms with van der Waals surface area (Å²) in [5.74, 6) is -1.20. The van der Waals surface area contributed by atoms with Gasteiger partial charge in [-0.3, -0.25) is 0 Å². The fraction of sp³-hybridized carbons (Fsp3) is 1.00. The molecule has 3 rings (SSSR count). The fourth-order valence-electron chi connectivity index (χ4n) is 3.60. The molecule has 0 radical (unpaired) electrons. The molecule has 0 aromatic carbocycles. The minimum atomic E-state index is -2.55. The lowest BCUT2D eigenvalue weighted by Crippen LogP contribution is -2.41. The number of halogens is 2. The molecule has 3 aliphatic carbocycles. The molecule has 3 saturated carbocycles. The van der Waals surface area contributed by atoms with Gasteiger partial charge in [0, 0.05) is 6.42 Å². The van der Waals surface area contributed by atoms with Gasteiger partial charge in [0.1, 0.15) is 0 Å². The quantitative estimate of drug-likeness (QED) is 0.668. The third kappa shape index (κ3) is 0.888. The zero-order chi connectivity index (χ0) is 9.27. The van der Waals surface area contributed by atoms with Gasteiger partial charge >= 0.3 is 0 Å². The van der Waals surface area contributed by atoms with Gasteiger partial charge in [0.25, 0.3) is 5.92 Å². The molecule has 0 amide bonds. The van der Waals surface area contributed by atoms with Crippen LogP contribution >= 0.6 is 0 Å². The van der Waals surface area contributed by atoms with E-state index in [0.717, 1.165) is 12.8 Å². The summed E-state index contributed by atoms with van der Waals surface area (Å²) in [4.78, 5) is 0. The highest BCUT2D eigenvalue weighted by Gasteiger charge is 2.74. The molecule has 0 spiro atoms. The molecule has 74 valence electrons. The van der Waals surface area contributed by atoms with Crippen molar-refractivity contribution < 1.29 is 8.78 Å². The van der Waals surface area contributed by atoms with E-state index in [1.165, 1.54) is 12.8 Å². The molecule has 0 heterocycles. The molecular weight excluding hydrogens is 172 g/mol. The van der Waals surface area contributed by atoms with Crippen molar-refractivity contribution in [3.05, 3.63) is 0 Å². The van der Waals surface area contributed by atoms with Gasteiger partial charge in [-0.2, -0.15) is 0 Å². The second-order valence-electron chi connectivity index (χ2n) is 5.20. The standard InChI is InChI=1S/C10H15F2N/c11-10(12)5-9(10,13)8-4-6-1-2-7(8)3-6/h6-8H,1-5,13H2. The number of rotatable bonds is 1. The number of hydrogen-bond donors (Lipinski definition) is 1. The van der Waals surface area contributed by atoms with Crippen molar-refractivity contribution in [2.45, 2.75) is 43.6 Å². The molecular formula is C10H15F2N. The van der Waals surface area contributed by atoms with Gasteiger partial charge in [-0.25, -0.2) is 8.78 Å². The van der Waals surface area contributed by atoms with Gasteiger partial charge in [-0.05, 0) is 37.0 Å². The second-order valence-corrected chi connectivity index (χ2v) is 5.20. The van der Waals surface area contributed by atoms with Crippen LogP contribution in [-0.4, -0.2) is 11.5 Å². The van der Waals surface area contributed by atoms with E-state index in [0.29, 0.717) is 11.8 Å². The summed E-state index contributed by atoms with van der Waals surface area (Å²) >= 11 is 0. The summed E-state index contributed by atoms with van der Waals surface area (Å²) < 4.78 is 26.1. The van der Waals surface area contributed by atoms with Crippen LogP contribution in [0.15, 0.2) is 0 Å². The number of fused-ring (bicyclic) bond motifs is 2. The molecule has 1 nitrogen and oxygen atoms in total. The monoisotopic (exact) mass is 187 g/mol. The molecule has 0 aromatic rings. The SMILES string of the molecule is NC1(C2CC3CCC2C3)CC1(F)F. The Kier molecular flexibility index (Phi) is 1.30. The smallest absolute Gasteiger partial charge is 0.268 e. The van der Waals surface area contributed by atoms with E-state index in [1.54, 1.807) is 0 Å². The van der Waals surface area contributed by atoms with E-state index in [-0.39, 0.29) is 12.3 Å². The summed E-state index contributed by atoms with van der Waals surface area (Å²) in [7, 11) is 0. The van der Waals surface area contributed by atoms with Crippen molar-refractivity contribution >= 4 is 0 Å². The predicted octanol–water partition coefficient (Wildman–Crippen LogP) is 2.16. The van der Waals surface area contributed by atoms with Gasteiger partial charge in [0.15, 0.2) is 0 Å². The molecule has 4 unspecified atom stereocenters. The first-order chi connectivity index (χ1) is 6.03. The van der Waals surface area contributed by atoms with E-state index in [1.807, 2.05) is 0 Å². The zero-order valence-electron chi connectivity index (χ0n) is 7.60. The van der Waals surface area contributed by atoms with Gasteiger partial charge in [-0.1, -0.05) is 6.42 Å². The van der Waals surface area contributed by atoms with Crippen LogP contribution in [0.1, 0.15) is 32.1 Å². The average molecular weight is 187 g/mol. The van der Waals surface area contributed by atoms with Crippen LogP contribution in [0, 0.1) is 17.8 Å². The van der Waals surface area contributed by atoms with Crippen molar-refractivity contribution in [3.8, 4) is 0 Å². The Bertz CT molecular complexity index is 253. The largest absolute Gasteiger partial charge is 0.320 e. The molecule has 0 aliphatic heterocycles. The van der Waals surface area contributed by atoms with Crippen molar-refractivity contribution in [2.24, 2.45) is 23.5 Å².